The van der Waals surface area contributed by atoms with E-state index in [0.29, 0.717) is 30.5 Å². The second kappa shape index (κ2) is 17.7. The third-order valence-electron chi connectivity index (χ3n) is 12.0. The molecule has 5 aromatic rings. The van der Waals surface area contributed by atoms with Crippen LogP contribution in [0.25, 0.3) is 44.7 Å². The average molecular weight is 817 g/mol. The van der Waals surface area contributed by atoms with E-state index in [4.69, 9.17) is 19.4 Å². The number of hydrogen-bond donors (Lipinski definition) is 3. The molecule has 316 valence electrons. The number of likely N-dealkylation sites (tertiary alicyclic amines) is 2. The van der Waals surface area contributed by atoms with Crippen molar-refractivity contribution in [1.29, 1.82) is 0 Å². The second-order valence-corrected chi connectivity index (χ2v) is 17.2. The molecule has 3 aromatic heterocycles. The van der Waals surface area contributed by atoms with E-state index >= 15 is 0 Å². The number of fused-ring (bicyclic) bond motifs is 1. The van der Waals surface area contributed by atoms with Crippen LogP contribution in [0.2, 0.25) is 0 Å². The summed E-state index contributed by atoms with van der Waals surface area (Å²) in [7, 11) is 2.64. The molecule has 0 bridgehead atoms. The van der Waals surface area contributed by atoms with E-state index in [-0.39, 0.29) is 54.0 Å². The molecule has 7 rings (SSSR count). The van der Waals surface area contributed by atoms with E-state index in [0.717, 1.165) is 57.7 Å². The highest BCUT2D eigenvalue weighted by molar-refractivity contribution is 5.87. The predicted molar refractivity (Wildman–Crippen MR) is 228 cm³/mol. The van der Waals surface area contributed by atoms with Crippen LogP contribution in [0.5, 0.6) is 0 Å². The molecule has 0 spiro atoms. The first-order chi connectivity index (χ1) is 28.7. The molecule has 3 amide bonds. The number of benzene rings is 2. The second-order valence-electron chi connectivity index (χ2n) is 17.2. The van der Waals surface area contributed by atoms with Crippen molar-refractivity contribution in [3.63, 3.8) is 0 Å². The van der Waals surface area contributed by atoms with Gasteiger partial charge in [0, 0.05) is 24.8 Å². The summed E-state index contributed by atoms with van der Waals surface area (Å²) in [5, 5.41) is 2.71. The number of aromatic nitrogens is 5. The number of nitrogens with zero attached hydrogens (tertiary/aromatic N) is 5. The Bertz CT molecular complexity index is 2330. The van der Waals surface area contributed by atoms with Gasteiger partial charge in [0.1, 0.15) is 17.7 Å². The van der Waals surface area contributed by atoms with Crippen molar-refractivity contribution in [2.45, 2.75) is 78.9 Å². The van der Waals surface area contributed by atoms with Crippen molar-refractivity contribution in [3.8, 4) is 33.5 Å². The highest BCUT2D eigenvalue weighted by atomic mass is 16.5. The molecule has 0 saturated carbocycles. The largest absolute Gasteiger partial charge is 0.469 e. The Morgan fingerprint density at radius 1 is 0.717 bits per heavy atom. The minimum Gasteiger partial charge on any atom is -0.469 e. The van der Waals surface area contributed by atoms with Gasteiger partial charge in [0.2, 0.25) is 11.8 Å². The van der Waals surface area contributed by atoms with Gasteiger partial charge in [0.05, 0.1) is 56.0 Å². The van der Waals surface area contributed by atoms with E-state index in [1.807, 2.05) is 56.0 Å². The number of amides is 3. The lowest BCUT2D eigenvalue weighted by molar-refractivity contribution is -0.148. The van der Waals surface area contributed by atoms with E-state index in [2.05, 4.69) is 82.6 Å². The van der Waals surface area contributed by atoms with Crippen LogP contribution < -0.4 is 5.32 Å². The Balaban J connectivity index is 1.03. The first kappa shape index (κ1) is 42.1. The average Bonchev–Trinajstić information content (AvgIpc) is 4.06. The van der Waals surface area contributed by atoms with Gasteiger partial charge < -0.3 is 34.6 Å². The summed E-state index contributed by atoms with van der Waals surface area (Å²) in [4.78, 5) is 76.6. The fourth-order valence-electron chi connectivity index (χ4n) is 8.64. The van der Waals surface area contributed by atoms with E-state index in [1.54, 1.807) is 0 Å². The molecule has 2 fully saturated rings. The van der Waals surface area contributed by atoms with Crippen LogP contribution in [0.1, 0.15) is 84.5 Å². The van der Waals surface area contributed by atoms with Crippen LogP contribution in [-0.4, -0.2) is 91.9 Å². The van der Waals surface area contributed by atoms with Gasteiger partial charge in [-0.25, -0.2) is 19.7 Å². The zero-order valence-electron chi connectivity index (χ0n) is 35.7. The van der Waals surface area contributed by atoms with Gasteiger partial charge in [0.15, 0.2) is 5.65 Å². The van der Waals surface area contributed by atoms with Crippen LogP contribution in [-0.2, 0) is 23.9 Å². The maximum absolute atomic E-state index is 13.8. The van der Waals surface area contributed by atoms with Gasteiger partial charge in [-0.15, -0.1) is 0 Å². The summed E-state index contributed by atoms with van der Waals surface area (Å²) in [6, 6.07) is 17.5. The van der Waals surface area contributed by atoms with Crippen molar-refractivity contribution in [3.05, 3.63) is 78.6 Å². The Labute approximate surface area is 350 Å². The molecule has 2 aliphatic rings. The molecule has 2 saturated heterocycles. The summed E-state index contributed by atoms with van der Waals surface area (Å²) in [6.45, 7) is 13.2. The fraction of sp³-hybridized carbons (Fsp3) is 0.457. The SMILES string of the molecule is COC(=O)C[C@H](C(=O)N1C[C@@H](C)C[C@H]1c1ncc(-c2ccc(-c3ccc(-c4cnc5nc([C@H]6C[C@H](C)CN6C(=O)[C@@H](NC(=O)OC)C(C)C)[nH]c5c4)cc3)cc2)[nH]1)C(C)C. The lowest BCUT2D eigenvalue weighted by Crippen LogP contribution is -2.51. The Kier molecular flexibility index (Phi) is 12.4. The standard InChI is InChI=1S/C46H56N8O6/c1-25(2)34(20-39(55)59-7)44(56)53-23-27(5)17-37(53)42-48-22-36(50-42)32-15-13-30(14-16-32)29-9-11-31(12-10-29)33-19-35-41(47-21-33)52-43(49-35)38-18-28(6)24-54(38)45(57)40(26(3)4)51-46(58)60-8/h9-16,19,21-22,25-28,34,37-38,40H,17-18,20,23-24H2,1-8H3,(H,48,50)(H,51,58)(H,47,49,52)/t27-,28-,34-,37-,38+,40-/m0/s1. The Morgan fingerprint density at radius 2 is 1.28 bits per heavy atom. The molecule has 0 radical (unpaired) electrons. The number of alkyl carbamates (subject to hydrolysis) is 1. The minimum absolute atomic E-state index is 0.00494. The quantitative estimate of drug-likeness (QED) is 0.107. The van der Waals surface area contributed by atoms with Crippen LogP contribution >= 0.6 is 0 Å². The number of imidazole rings is 2. The molecular formula is C46H56N8O6. The van der Waals surface area contributed by atoms with E-state index in [1.165, 1.54) is 14.2 Å². The van der Waals surface area contributed by atoms with Crippen molar-refractivity contribution >= 4 is 35.0 Å². The van der Waals surface area contributed by atoms with Crippen LogP contribution in [0.4, 0.5) is 4.79 Å². The smallest absolute Gasteiger partial charge is 0.407 e. The summed E-state index contributed by atoms with van der Waals surface area (Å²) in [5.41, 5.74) is 7.29. The van der Waals surface area contributed by atoms with Crippen molar-refractivity contribution in [2.24, 2.45) is 29.6 Å². The number of methoxy groups -OCH3 is 2. The third kappa shape index (κ3) is 8.78. The Hall–Kier alpha value is -6.05. The summed E-state index contributed by atoms with van der Waals surface area (Å²) < 4.78 is 9.68. The molecule has 14 heteroatoms. The molecule has 6 atom stereocenters. The number of aromatic amines is 2. The summed E-state index contributed by atoms with van der Waals surface area (Å²) in [6.07, 6.45) is 4.61. The van der Waals surface area contributed by atoms with Crippen LogP contribution in [0.15, 0.2) is 67.0 Å². The summed E-state index contributed by atoms with van der Waals surface area (Å²) >= 11 is 0. The molecule has 2 aliphatic heterocycles. The number of esters is 1. The molecule has 60 heavy (non-hydrogen) atoms. The van der Waals surface area contributed by atoms with Crippen LogP contribution in [0, 0.1) is 29.6 Å². The number of pyridine rings is 1. The van der Waals surface area contributed by atoms with Gasteiger partial charge in [-0.1, -0.05) is 90.1 Å². The number of H-pyrrole nitrogens is 2. The highest BCUT2D eigenvalue weighted by Gasteiger charge is 2.41. The monoisotopic (exact) mass is 816 g/mol. The lowest BCUT2D eigenvalue weighted by Gasteiger charge is -2.30. The predicted octanol–water partition coefficient (Wildman–Crippen LogP) is 7.72. The van der Waals surface area contributed by atoms with Crippen molar-refractivity contribution < 1.29 is 28.7 Å². The maximum atomic E-state index is 13.8. The number of ether oxygens (including phenoxy) is 2. The topological polar surface area (TPSA) is 175 Å². The van der Waals surface area contributed by atoms with Gasteiger partial charge in [0.25, 0.3) is 0 Å². The molecule has 3 N–H and O–H groups in total. The first-order valence-corrected chi connectivity index (χ1v) is 20.9. The number of nitrogens with one attached hydrogen (secondary N) is 3. The van der Waals surface area contributed by atoms with E-state index < -0.39 is 18.1 Å². The normalized spacial score (nSPS) is 20.2. The zero-order valence-corrected chi connectivity index (χ0v) is 35.7. The van der Waals surface area contributed by atoms with Gasteiger partial charge in [-0.2, -0.15) is 0 Å². The number of hydrogen-bond acceptors (Lipinski definition) is 9. The van der Waals surface area contributed by atoms with Crippen LogP contribution in [0.3, 0.4) is 0 Å². The molecule has 0 aliphatic carbocycles. The van der Waals surface area contributed by atoms with Gasteiger partial charge >= 0.3 is 12.1 Å². The molecule has 14 nitrogen and oxygen atoms in total. The van der Waals surface area contributed by atoms with Gasteiger partial charge in [-0.05, 0) is 64.8 Å². The third-order valence-corrected chi connectivity index (χ3v) is 12.0. The van der Waals surface area contributed by atoms with Crippen molar-refractivity contribution in [1.82, 2.24) is 40.0 Å². The van der Waals surface area contributed by atoms with E-state index in [9.17, 15) is 19.2 Å². The van der Waals surface area contributed by atoms with Gasteiger partial charge in [-0.3, -0.25) is 14.4 Å². The minimum atomic E-state index is -0.716. The molecule has 5 heterocycles. The highest BCUT2D eigenvalue weighted by Crippen LogP contribution is 2.39. The fourth-order valence-corrected chi connectivity index (χ4v) is 8.64. The maximum Gasteiger partial charge on any atom is 0.407 e. The number of rotatable bonds is 12. The first-order valence-electron chi connectivity index (χ1n) is 20.9. The Morgan fingerprint density at radius 3 is 1.85 bits per heavy atom. The zero-order chi connectivity index (χ0) is 42.8. The number of carbonyl (C=O) groups excluding carboxylic acids is 4. The molecule has 0 unspecified atom stereocenters. The summed E-state index contributed by atoms with van der Waals surface area (Å²) in [5.74, 6) is 0.836. The lowest BCUT2D eigenvalue weighted by atomic mass is 9.91. The molecular weight excluding hydrogens is 761 g/mol. The number of carbonyl (C=O) groups is 4. The molecule has 2 aromatic carbocycles. The van der Waals surface area contributed by atoms with Crippen molar-refractivity contribution in [2.75, 3.05) is 27.3 Å².